The first-order valence-electron chi connectivity index (χ1n) is 22.9. The third-order valence-corrected chi connectivity index (χ3v) is 11.9. The molecule has 2 aliphatic heterocycles. The number of para-hydroxylation sites is 4. The molecular weight excluding hydrogens is 849 g/mol. The molecule has 4 aromatic carbocycles. The molecule has 5 heterocycles. The highest BCUT2D eigenvalue weighted by Gasteiger charge is 2.23. The summed E-state index contributed by atoms with van der Waals surface area (Å²) in [6.07, 6.45) is 9.03. The highest BCUT2D eigenvalue weighted by molar-refractivity contribution is 6.07. The summed E-state index contributed by atoms with van der Waals surface area (Å²) >= 11 is 0. The van der Waals surface area contributed by atoms with Crippen LogP contribution in [0, 0.1) is 0 Å². The Labute approximate surface area is 393 Å². The topological polar surface area (TPSA) is 174 Å². The molecule has 12 nitrogen and oxygen atoms in total. The fourth-order valence-corrected chi connectivity index (χ4v) is 8.53. The van der Waals surface area contributed by atoms with Crippen LogP contribution in [0.15, 0.2) is 121 Å². The Morgan fingerprint density at radius 2 is 0.574 bits per heavy atom. The van der Waals surface area contributed by atoms with Gasteiger partial charge in [0.25, 0.3) is 0 Å². The number of anilines is 4. The lowest BCUT2D eigenvalue weighted by atomic mass is 10.0. The maximum atomic E-state index is 13.0. The second-order valence-corrected chi connectivity index (χ2v) is 16.3. The van der Waals surface area contributed by atoms with Crippen molar-refractivity contribution in [1.29, 1.82) is 0 Å². The molecule has 0 fully saturated rings. The van der Waals surface area contributed by atoms with Gasteiger partial charge in [-0.15, -0.1) is 0 Å². The lowest BCUT2D eigenvalue weighted by molar-refractivity contribution is -0.116. The van der Waals surface area contributed by atoms with Gasteiger partial charge in [-0.25, -0.2) is 9.97 Å². The van der Waals surface area contributed by atoms with Crippen LogP contribution in [0.3, 0.4) is 0 Å². The summed E-state index contributed by atoms with van der Waals surface area (Å²) in [4.78, 5) is 70.5. The second-order valence-electron chi connectivity index (χ2n) is 16.3. The number of carbonyl (C=O) groups is 4. The van der Waals surface area contributed by atoms with Gasteiger partial charge in [0.1, 0.15) is 0 Å². The van der Waals surface area contributed by atoms with Crippen molar-refractivity contribution in [3.63, 3.8) is 0 Å². The fourth-order valence-electron chi connectivity index (χ4n) is 8.53. The molecule has 3 aromatic heterocycles. The van der Waals surface area contributed by atoms with E-state index in [4.69, 9.17) is 9.97 Å². The van der Waals surface area contributed by atoms with E-state index in [1.807, 2.05) is 173 Å². The molecule has 0 unspecified atom stereocenters. The highest BCUT2D eigenvalue weighted by atomic mass is 16.2. The molecule has 4 amide bonds. The molecule has 0 radical (unpaired) electrons. The van der Waals surface area contributed by atoms with Crippen LogP contribution in [0.4, 0.5) is 22.7 Å². The van der Waals surface area contributed by atoms with Gasteiger partial charge in [-0.3, -0.25) is 19.2 Å². The average molecular weight is 899 g/mol. The summed E-state index contributed by atoms with van der Waals surface area (Å²) in [5.41, 5.74) is 13.7. The Hall–Kier alpha value is -8.64. The molecule has 2 aliphatic rings. The Kier molecular flexibility index (Phi) is 12.7. The van der Waals surface area contributed by atoms with E-state index in [2.05, 4.69) is 31.2 Å². The van der Waals surface area contributed by atoms with Crippen molar-refractivity contribution in [2.24, 2.45) is 0 Å². The first-order valence-corrected chi connectivity index (χ1v) is 22.9. The maximum absolute atomic E-state index is 13.0. The van der Waals surface area contributed by atoms with Crippen molar-refractivity contribution >= 4 is 92.7 Å². The predicted octanol–water partition coefficient (Wildman–Crippen LogP) is 12.7. The zero-order chi connectivity index (χ0) is 47.3. The van der Waals surface area contributed by atoms with Crippen LogP contribution in [0.2, 0.25) is 0 Å². The van der Waals surface area contributed by atoms with Crippen molar-refractivity contribution in [2.45, 2.75) is 53.4 Å². The van der Waals surface area contributed by atoms with Crippen LogP contribution < -0.4 is 21.3 Å². The lowest BCUT2D eigenvalue weighted by Gasteiger charge is -2.14. The van der Waals surface area contributed by atoms with Gasteiger partial charge in [0.2, 0.25) is 23.6 Å². The van der Waals surface area contributed by atoms with Gasteiger partial charge in [0.15, 0.2) is 0 Å². The third-order valence-electron chi connectivity index (χ3n) is 11.9. The van der Waals surface area contributed by atoms with Crippen LogP contribution in [0.5, 0.6) is 0 Å². The number of fused-ring (bicyclic) bond motifs is 8. The van der Waals surface area contributed by atoms with E-state index in [0.29, 0.717) is 93.3 Å². The summed E-state index contributed by atoms with van der Waals surface area (Å²) in [6.45, 7) is 7.26. The number of nitrogens with zero attached hydrogens (tertiary/aromatic N) is 2. The summed E-state index contributed by atoms with van der Waals surface area (Å²) in [5, 5.41) is 12.5. The Balaban J connectivity index is 1.48. The lowest BCUT2D eigenvalue weighted by Crippen LogP contribution is -2.10. The number of rotatable bonds is 12. The average Bonchev–Trinajstić information content (AvgIpc) is 4.22. The molecule has 8 bridgehead atoms. The van der Waals surface area contributed by atoms with Gasteiger partial charge >= 0.3 is 0 Å². The van der Waals surface area contributed by atoms with Crippen molar-refractivity contribution in [3.8, 4) is 44.5 Å². The number of nitrogens with one attached hydrogen (secondary N) is 6. The van der Waals surface area contributed by atoms with E-state index in [-0.39, 0.29) is 23.6 Å². The van der Waals surface area contributed by atoms with Gasteiger partial charge in [-0.1, -0.05) is 100 Å². The number of aromatic amines is 2. The van der Waals surface area contributed by atoms with Crippen LogP contribution >= 0.6 is 0 Å². The van der Waals surface area contributed by atoms with Crippen molar-refractivity contribution < 1.29 is 19.2 Å². The summed E-state index contributed by atoms with van der Waals surface area (Å²) in [6, 6.07) is 38.6. The van der Waals surface area contributed by atoms with E-state index >= 15 is 0 Å². The van der Waals surface area contributed by atoms with Crippen LogP contribution in [0.1, 0.15) is 76.2 Å². The minimum Gasteiger partial charge on any atom is -0.354 e. The van der Waals surface area contributed by atoms with Crippen molar-refractivity contribution in [1.82, 2.24) is 19.9 Å². The molecule has 338 valence electrons. The molecule has 0 aliphatic carbocycles. The first kappa shape index (κ1) is 44.6. The molecule has 9 rings (SSSR count). The predicted molar refractivity (Wildman–Crippen MR) is 276 cm³/mol. The standard InChI is InChI=1S/C56H50N8O4/c1-5-49(65)61-37-21-13-9-17-33(37)53-41-25-27-43(57-41)54(34-18-10-14-22-38(34)62-50(66)6-2)45-29-31-47(59-45)56(36-20-12-16-24-40(36)64-52(68)8-4)48-32-30-46(60-48)55(44-28-26-42(53)58-44)35-19-11-15-23-39(35)63-51(67)7-3/h9-32,57,60H,5-8H2,1-4H3,(H,61,65)(H,62,66)(H,63,67)(H,64,68). The van der Waals surface area contributed by atoms with E-state index < -0.39 is 0 Å². The number of amides is 4. The van der Waals surface area contributed by atoms with Gasteiger partial charge in [0, 0.05) is 115 Å². The van der Waals surface area contributed by atoms with Gasteiger partial charge in [-0.2, -0.15) is 0 Å². The number of hydrogen-bond donors (Lipinski definition) is 6. The first-order chi connectivity index (χ1) is 33.2. The number of hydrogen-bond acceptors (Lipinski definition) is 6. The second kappa shape index (κ2) is 19.4. The summed E-state index contributed by atoms with van der Waals surface area (Å²) in [5.74, 6) is -0.539. The quantitative estimate of drug-likeness (QED) is 0.0712. The minimum atomic E-state index is -0.135. The zero-order valence-corrected chi connectivity index (χ0v) is 38.2. The Bertz CT molecular complexity index is 2960. The maximum Gasteiger partial charge on any atom is 0.224 e. The molecule has 0 saturated carbocycles. The molecular formula is C56H50N8O4. The van der Waals surface area contributed by atoms with E-state index in [0.717, 1.165) is 44.5 Å². The molecule has 0 atom stereocenters. The fraction of sp³-hybridized carbons (Fsp3) is 0.143. The smallest absolute Gasteiger partial charge is 0.224 e. The molecule has 0 saturated heterocycles. The van der Waals surface area contributed by atoms with Crippen LogP contribution in [-0.2, 0) is 19.2 Å². The monoisotopic (exact) mass is 898 g/mol. The van der Waals surface area contributed by atoms with Gasteiger partial charge < -0.3 is 31.2 Å². The number of benzene rings is 4. The van der Waals surface area contributed by atoms with E-state index in [1.165, 1.54) is 0 Å². The van der Waals surface area contributed by atoms with E-state index in [9.17, 15) is 19.2 Å². The summed E-state index contributed by atoms with van der Waals surface area (Å²) < 4.78 is 0. The van der Waals surface area contributed by atoms with Gasteiger partial charge in [-0.05, 0) is 72.8 Å². The molecule has 68 heavy (non-hydrogen) atoms. The Morgan fingerprint density at radius 3 is 0.794 bits per heavy atom. The largest absolute Gasteiger partial charge is 0.354 e. The van der Waals surface area contributed by atoms with Crippen LogP contribution in [-0.4, -0.2) is 43.6 Å². The summed E-state index contributed by atoms with van der Waals surface area (Å²) in [7, 11) is 0. The molecule has 6 N–H and O–H groups in total. The number of carbonyl (C=O) groups excluding carboxylic acids is 4. The molecule has 0 spiro atoms. The van der Waals surface area contributed by atoms with Crippen molar-refractivity contribution in [3.05, 3.63) is 144 Å². The zero-order valence-electron chi connectivity index (χ0n) is 38.2. The molecule has 7 aromatic rings. The minimum absolute atomic E-state index is 0.135. The highest BCUT2D eigenvalue weighted by Crippen LogP contribution is 2.43. The van der Waals surface area contributed by atoms with Crippen molar-refractivity contribution in [2.75, 3.05) is 21.3 Å². The van der Waals surface area contributed by atoms with E-state index in [1.54, 1.807) is 0 Å². The Morgan fingerprint density at radius 1 is 0.353 bits per heavy atom. The van der Waals surface area contributed by atoms with Crippen LogP contribution in [0.25, 0.3) is 90.9 Å². The SMILES string of the molecule is CCC(=O)Nc1ccccc1-c1c2nc(c(-c3ccccc3NC(=O)CC)c3ccc([nH]3)c(-c3ccccc3NC(=O)CC)c3nc(c(-c4ccccc4NC(=O)CC)c4ccc1[nH]4)C=C3)C=C2. The van der Waals surface area contributed by atoms with Gasteiger partial charge in [0.05, 0.1) is 22.8 Å². The molecule has 12 heteroatoms. The normalized spacial score (nSPS) is 11.6. The third kappa shape index (κ3) is 8.87. The number of H-pyrrole nitrogens is 2. The number of aromatic nitrogens is 4.